The molecule has 6 nitrogen and oxygen atoms in total. The van der Waals surface area contributed by atoms with Gasteiger partial charge in [0.25, 0.3) is 0 Å². The molecule has 0 atom stereocenters. The quantitative estimate of drug-likeness (QED) is 0.600. The number of hydrogen-bond acceptors (Lipinski definition) is 6. The summed E-state index contributed by atoms with van der Waals surface area (Å²) in [5, 5.41) is 3.56. The van der Waals surface area contributed by atoms with E-state index in [0.29, 0.717) is 51.0 Å². The second-order valence-electron chi connectivity index (χ2n) is 6.45. The number of thiazole rings is 1. The summed E-state index contributed by atoms with van der Waals surface area (Å²) in [4.78, 5) is 29.5. The summed E-state index contributed by atoms with van der Waals surface area (Å²) in [5.41, 5.74) is 2.09. The van der Waals surface area contributed by atoms with Crippen molar-refractivity contribution in [2.24, 2.45) is 0 Å². The Morgan fingerprint density at radius 1 is 1.17 bits per heavy atom. The van der Waals surface area contributed by atoms with Gasteiger partial charge in [-0.2, -0.15) is 0 Å². The average Bonchev–Trinajstić information content (AvgIpc) is 3.12. The normalized spacial score (nSPS) is 12.5. The summed E-state index contributed by atoms with van der Waals surface area (Å²) < 4.78 is 11.0. The zero-order valence-electron chi connectivity index (χ0n) is 15.5. The predicted octanol–water partition coefficient (Wildman–Crippen LogP) is 4.62. The zero-order valence-corrected chi connectivity index (χ0v) is 17.1. The van der Waals surface area contributed by atoms with Crippen LogP contribution in [0.15, 0.2) is 42.5 Å². The van der Waals surface area contributed by atoms with Gasteiger partial charge in [-0.05, 0) is 17.7 Å². The summed E-state index contributed by atoms with van der Waals surface area (Å²) in [6, 6.07) is 12.8. The van der Waals surface area contributed by atoms with Gasteiger partial charge in [0.15, 0.2) is 22.4 Å². The Morgan fingerprint density at radius 2 is 1.93 bits per heavy atom. The number of halogens is 1. The van der Waals surface area contributed by atoms with Crippen LogP contribution >= 0.6 is 22.9 Å². The molecule has 148 valence electrons. The van der Waals surface area contributed by atoms with Crippen molar-refractivity contribution < 1.29 is 19.1 Å². The van der Waals surface area contributed by atoms with Gasteiger partial charge in [-0.3, -0.25) is 9.59 Å². The number of ether oxygens (including phenoxy) is 2. The molecule has 1 aromatic heterocycles. The lowest BCUT2D eigenvalue weighted by Crippen LogP contribution is -2.17. The number of carbonyl (C=O) groups excluding carboxylic acids is 2. The van der Waals surface area contributed by atoms with Gasteiger partial charge in [0.2, 0.25) is 5.91 Å². The number of carbonyl (C=O) groups is 2. The molecule has 1 N–H and O–H groups in total. The van der Waals surface area contributed by atoms with E-state index < -0.39 is 0 Å². The molecule has 0 spiro atoms. The molecule has 4 rings (SSSR count). The number of fused-ring (bicyclic) bond motifs is 1. The first-order valence-corrected chi connectivity index (χ1v) is 10.2. The maximum atomic E-state index is 12.5. The second kappa shape index (κ2) is 8.23. The van der Waals surface area contributed by atoms with Crippen molar-refractivity contribution in [3.05, 3.63) is 57.9 Å². The minimum absolute atomic E-state index is 0.0893. The van der Waals surface area contributed by atoms with Crippen molar-refractivity contribution in [2.45, 2.75) is 13.3 Å². The SMILES string of the molecule is CC(=O)c1sc(NC(=O)Cc2cc(Cl)c3c(c2)OCCO3)nc1-c1ccccc1. The fourth-order valence-corrected chi connectivity index (χ4v) is 4.21. The lowest BCUT2D eigenvalue weighted by atomic mass is 10.1. The molecule has 0 fully saturated rings. The van der Waals surface area contributed by atoms with Crippen LogP contribution in [0.4, 0.5) is 5.13 Å². The lowest BCUT2D eigenvalue weighted by molar-refractivity contribution is -0.115. The van der Waals surface area contributed by atoms with E-state index in [9.17, 15) is 9.59 Å². The molecule has 0 bridgehead atoms. The Bertz CT molecular complexity index is 1080. The summed E-state index contributed by atoms with van der Waals surface area (Å²) in [5.74, 6) is 0.674. The molecule has 2 heterocycles. The van der Waals surface area contributed by atoms with E-state index in [-0.39, 0.29) is 18.1 Å². The third-order valence-electron chi connectivity index (χ3n) is 4.26. The third kappa shape index (κ3) is 4.26. The molecule has 0 saturated carbocycles. The maximum absolute atomic E-state index is 12.5. The Labute approximate surface area is 176 Å². The molecule has 29 heavy (non-hydrogen) atoms. The van der Waals surface area contributed by atoms with E-state index in [1.54, 1.807) is 12.1 Å². The highest BCUT2D eigenvalue weighted by molar-refractivity contribution is 7.18. The Hall–Kier alpha value is -2.90. The summed E-state index contributed by atoms with van der Waals surface area (Å²) >= 11 is 7.40. The minimum Gasteiger partial charge on any atom is -0.486 e. The van der Waals surface area contributed by atoms with Crippen molar-refractivity contribution in [1.82, 2.24) is 4.98 Å². The molecule has 1 amide bonds. The van der Waals surface area contributed by atoms with Crippen LogP contribution in [0.2, 0.25) is 5.02 Å². The fraction of sp³-hybridized carbons (Fsp3) is 0.190. The molecule has 8 heteroatoms. The van der Waals surface area contributed by atoms with Crippen LogP contribution in [0.5, 0.6) is 11.5 Å². The summed E-state index contributed by atoms with van der Waals surface area (Å²) in [6.07, 6.45) is 0.0893. The standard InChI is InChI=1S/C21H17ClN2O4S/c1-12(25)20-18(14-5-3-2-4-6-14)24-21(29-20)23-17(26)11-13-9-15(22)19-16(10-13)27-7-8-28-19/h2-6,9-10H,7-8,11H2,1H3,(H,23,24,26). The van der Waals surface area contributed by atoms with Gasteiger partial charge in [-0.15, -0.1) is 0 Å². The number of Topliss-reactive ketones (excluding diaryl/α,β-unsaturated/α-hetero) is 1. The topological polar surface area (TPSA) is 77.5 Å². The molecule has 3 aromatic rings. The molecule has 2 aromatic carbocycles. The third-order valence-corrected chi connectivity index (χ3v) is 5.61. The highest BCUT2D eigenvalue weighted by Crippen LogP contribution is 2.38. The predicted molar refractivity (Wildman–Crippen MR) is 112 cm³/mol. The number of ketones is 1. The fourth-order valence-electron chi connectivity index (χ4n) is 3.02. The number of benzene rings is 2. The number of nitrogens with one attached hydrogen (secondary N) is 1. The van der Waals surface area contributed by atoms with Crippen molar-refractivity contribution in [2.75, 3.05) is 18.5 Å². The number of aromatic nitrogens is 1. The smallest absolute Gasteiger partial charge is 0.230 e. The van der Waals surface area contributed by atoms with Crippen LogP contribution in [0.25, 0.3) is 11.3 Å². The van der Waals surface area contributed by atoms with E-state index in [2.05, 4.69) is 10.3 Å². The number of rotatable bonds is 5. The zero-order chi connectivity index (χ0) is 20.4. The summed E-state index contributed by atoms with van der Waals surface area (Å²) in [7, 11) is 0. The monoisotopic (exact) mass is 428 g/mol. The van der Waals surface area contributed by atoms with Gasteiger partial charge < -0.3 is 14.8 Å². The first-order valence-electron chi connectivity index (χ1n) is 8.96. The van der Waals surface area contributed by atoms with Crippen LogP contribution in [-0.4, -0.2) is 29.9 Å². The lowest BCUT2D eigenvalue weighted by Gasteiger charge is -2.20. The van der Waals surface area contributed by atoms with Gasteiger partial charge in [0.1, 0.15) is 13.2 Å². The highest BCUT2D eigenvalue weighted by Gasteiger charge is 2.20. The van der Waals surface area contributed by atoms with Crippen LogP contribution in [0.1, 0.15) is 22.2 Å². The molecular weight excluding hydrogens is 412 g/mol. The molecule has 0 aliphatic carbocycles. The van der Waals surface area contributed by atoms with Crippen molar-refractivity contribution >= 4 is 39.8 Å². The van der Waals surface area contributed by atoms with Crippen LogP contribution in [0, 0.1) is 0 Å². The highest BCUT2D eigenvalue weighted by atomic mass is 35.5. The van der Waals surface area contributed by atoms with Gasteiger partial charge in [-0.1, -0.05) is 53.3 Å². The van der Waals surface area contributed by atoms with Gasteiger partial charge >= 0.3 is 0 Å². The first kappa shape index (κ1) is 19.4. The van der Waals surface area contributed by atoms with Crippen molar-refractivity contribution in [3.63, 3.8) is 0 Å². The Balaban J connectivity index is 1.53. The van der Waals surface area contributed by atoms with Crippen LogP contribution in [0.3, 0.4) is 0 Å². The minimum atomic E-state index is -0.263. The van der Waals surface area contributed by atoms with Gasteiger partial charge in [-0.25, -0.2) is 4.98 Å². The molecular formula is C21H17ClN2O4S. The van der Waals surface area contributed by atoms with Gasteiger partial charge in [0, 0.05) is 12.5 Å². The van der Waals surface area contributed by atoms with Gasteiger partial charge in [0.05, 0.1) is 22.0 Å². The van der Waals surface area contributed by atoms with E-state index in [4.69, 9.17) is 21.1 Å². The Kier molecular flexibility index (Phi) is 5.51. The number of nitrogens with zero attached hydrogens (tertiary/aromatic N) is 1. The molecule has 0 unspecified atom stereocenters. The number of amides is 1. The molecule has 0 radical (unpaired) electrons. The molecule has 1 aliphatic heterocycles. The van der Waals surface area contributed by atoms with Crippen molar-refractivity contribution in [1.29, 1.82) is 0 Å². The van der Waals surface area contributed by atoms with Crippen LogP contribution in [-0.2, 0) is 11.2 Å². The van der Waals surface area contributed by atoms with E-state index in [1.165, 1.54) is 6.92 Å². The molecule has 0 saturated heterocycles. The largest absolute Gasteiger partial charge is 0.486 e. The number of hydrogen-bond donors (Lipinski definition) is 1. The summed E-state index contributed by atoms with van der Waals surface area (Å²) in [6.45, 7) is 2.37. The molecule has 1 aliphatic rings. The van der Waals surface area contributed by atoms with E-state index >= 15 is 0 Å². The van der Waals surface area contributed by atoms with Crippen molar-refractivity contribution in [3.8, 4) is 22.8 Å². The van der Waals surface area contributed by atoms with E-state index in [1.807, 2.05) is 30.3 Å². The second-order valence-corrected chi connectivity index (χ2v) is 7.85. The van der Waals surface area contributed by atoms with Crippen LogP contribution < -0.4 is 14.8 Å². The Morgan fingerprint density at radius 3 is 2.69 bits per heavy atom. The maximum Gasteiger partial charge on any atom is 0.230 e. The first-order chi connectivity index (χ1) is 14.0. The number of anilines is 1. The van der Waals surface area contributed by atoms with E-state index in [0.717, 1.165) is 16.9 Å². The average molecular weight is 429 g/mol.